The SMILES string of the molecule is CCOC(=O)C1=C(c2ccccc2)N=c2s/c(=C\c3cc(C)n(-c4cccc(C)c4)c3C)c(=O)n2[C@H]1c1ccc(OCC)cc1. The monoisotopic (exact) mass is 617 g/mol. The molecular formula is C37H35N3O4S. The van der Waals surface area contributed by atoms with Crippen LogP contribution in [0.2, 0.25) is 0 Å². The molecule has 45 heavy (non-hydrogen) atoms. The number of ether oxygens (including phenoxy) is 2. The minimum atomic E-state index is -0.743. The van der Waals surface area contributed by atoms with Gasteiger partial charge in [0.05, 0.1) is 35.1 Å². The molecule has 0 fully saturated rings. The fraction of sp³-hybridized carbons (Fsp3) is 0.216. The molecule has 1 aliphatic rings. The third-order valence-electron chi connectivity index (χ3n) is 7.90. The Morgan fingerprint density at radius 3 is 2.38 bits per heavy atom. The number of nitrogens with zero attached hydrogens (tertiary/aromatic N) is 3. The van der Waals surface area contributed by atoms with E-state index in [2.05, 4.69) is 49.6 Å². The third-order valence-corrected chi connectivity index (χ3v) is 8.88. The van der Waals surface area contributed by atoms with Gasteiger partial charge in [-0.2, -0.15) is 0 Å². The minimum absolute atomic E-state index is 0.196. The van der Waals surface area contributed by atoms with Crippen molar-refractivity contribution in [3.63, 3.8) is 0 Å². The molecule has 228 valence electrons. The molecule has 0 radical (unpaired) electrons. The average Bonchev–Trinajstić information content (AvgIpc) is 3.50. The molecule has 3 aromatic carbocycles. The number of hydrogen-bond donors (Lipinski definition) is 0. The van der Waals surface area contributed by atoms with Gasteiger partial charge in [-0.25, -0.2) is 9.79 Å². The quantitative estimate of drug-likeness (QED) is 0.199. The molecule has 7 nitrogen and oxygen atoms in total. The largest absolute Gasteiger partial charge is 0.494 e. The smallest absolute Gasteiger partial charge is 0.338 e. The summed E-state index contributed by atoms with van der Waals surface area (Å²) in [4.78, 5) is 33.5. The number of aromatic nitrogens is 2. The molecule has 0 saturated heterocycles. The van der Waals surface area contributed by atoms with Crippen molar-refractivity contribution in [1.29, 1.82) is 0 Å². The molecule has 6 rings (SSSR count). The van der Waals surface area contributed by atoms with E-state index in [1.165, 1.54) is 16.9 Å². The van der Waals surface area contributed by atoms with E-state index in [4.69, 9.17) is 14.5 Å². The van der Waals surface area contributed by atoms with Gasteiger partial charge in [0.2, 0.25) is 0 Å². The second kappa shape index (κ2) is 12.6. The van der Waals surface area contributed by atoms with E-state index in [0.717, 1.165) is 33.8 Å². The van der Waals surface area contributed by atoms with Crippen LogP contribution in [0, 0.1) is 20.8 Å². The maximum absolute atomic E-state index is 14.3. The molecule has 0 N–H and O–H groups in total. The highest BCUT2D eigenvalue weighted by Gasteiger charge is 2.35. The van der Waals surface area contributed by atoms with Crippen molar-refractivity contribution in [3.8, 4) is 11.4 Å². The van der Waals surface area contributed by atoms with Crippen molar-refractivity contribution in [1.82, 2.24) is 9.13 Å². The van der Waals surface area contributed by atoms with E-state index >= 15 is 0 Å². The fourth-order valence-corrected chi connectivity index (χ4v) is 6.90. The highest BCUT2D eigenvalue weighted by atomic mass is 32.1. The van der Waals surface area contributed by atoms with E-state index in [1.54, 1.807) is 11.5 Å². The summed E-state index contributed by atoms with van der Waals surface area (Å²) in [6.07, 6.45) is 1.93. The lowest BCUT2D eigenvalue weighted by Gasteiger charge is -2.26. The first-order valence-corrected chi connectivity index (χ1v) is 15.9. The Bertz CT molecular complexity index is 2100. The maximum atomic E-state index is 14.3. The van der Waals surface area contributed by atoms with Crippen LogP contribution in [0.4, 0.5) is 0 Å². The number of thiazole rings is 1. The molecule has 3 heterocycles. The highest BCUT2D eigenvalue weighted by molar-refractivity contribution is 7.07. The Kier molecular flexibility index (Phi) is 8.41. The number of esters is 1. The molecule has 1 aliphatic heterocycles. The number of benzene rings is 3. The van der Waals surface area contributed by atoms with Crippen LogP contribution in [0.5, 0.6) is 5.75 Å². The van der Waals surface area contributed by atoms with E-state index in [0.29, 0.717) is 33.0 Å². The summed E-state index contributed by atoms with van der Waals surface area (Å²) in [6, 6.07) is 26.8. The molecule has 1 atom stereocenters. The summed E-state index contributed by atoms with van der Waals surface area (Å²) < 4.78 is 15.6. The van der Waals surface area contributed by atoms with Crippen LogP contribution in [0.1, 0.15) is 53.5 Å². The summed E-state index contributed by atoms with van der Waals surface area (Å²) >= 11 is 1.32. The summed E-state index contributed by atoms with van der Waals surface area (Å²) in [6.45, 7) is 10.6. The standard InChI is InChI=1S/C37H35N3O4S/c1-6-43-30-18-16-27(17-19-30)34-32(36(42)44-7-2)33(26-13-9-8-10-14-26)38-37-40(34)35(41)31(45-37)22-28-21-24(4)39(25(28)5)29-15-11-12-23(3)20-29/h8-22,34H,6-7H2,1-5H3/b31-22-/t34-/m0/s1. The van der Waals surface area contributed by atoms with Crippen LogP contribution in [-0.2, 0) is 9.53 Å². The predicted octanol–water partition coefficient (Wildman–Crippen LogP) is 6.05. The first-order valence-electron chi connectivity index (χ1n) is 15.1. The number of fused-ring (bicyclic) bond motifs is 1. The zero-order valence-corrected chi connectivity index (χ0v) is 26.9. The van der Waals surface area contributed by atoms with Gasteiger partial charge in [-0.15, -0.1) is 0 Å². The molecular weight excluding hydrogens is 582 g/mol. The van der Waals surface area contributed by atoms with Crippen molar-refractivity contribution in [2.45, 2.75) is 40.7 Å². The number of aryl methyl sites for hydroxylation is 2. The van der Waals surface area contributed by atoms with Gasteiger partial charge in [-0.3, -0.25) is 9.36 Å². The summed E-state index contributed by atoms with van der Waals surface area (Å²) in [7, 11) is 0. The van der Waals surface area contributed by atoms with E-state index in [1.807, 2.05) is 73.7 Å². The second-order valence-electron chi connectivity index (χ2n) is 10.9. The van der Waals surface area contributed by atoms with Gasteiger partial charge in [0, 0.05) is 22.6 Å². The van der Waals surface area contributed by atoms with Gasteiger partial charge in [-0.1, -0.05) is 65.9 Å². The first kappa shape index (κ1) is 30.1. The van der Waals surface area contributed by atoms with E-state index in [9.17, 15) is 9.59 Å². The number of hydrogen-bond acceptors (Lipinski definition) is 6. The molecule has 2 aromatic heterocycles. The first-order chi connectivity index (χ1) is 21.8. The van der Waals surface area contributed by atoms with Crippen LogP contribution in [0.15, 0.2) is 100 Å². The topological polar surface area (TPSA) is 74.8 Å². The normalized spacial score (nSPS) is 14.7. The van der Waals surface area contributed by atoms with Gasteiger partial charge in [0.25, 0.3) is 5.56 Å². The Balaban J connectivity index is 1.59. The Hall–Kier alpha value is -4.95. The van der Waals surface area contributed by atoms with Crippen molar-refractivity contribution < 1.29 is 14.3 Å². The fourth-order valence-electron chi connectivity index (χ4n) is 5.91. The van der Waals surface area contributed by atoms with Gasteiger partial charge in [0.15, 0.2) is 4.80 Å². The zero-order valence-electron chi connectivity index (χ0n) is 26.0. The van der Waals surface area contributed by atoms with Crippen LogP contribution < -0.4 is 19.6 Å². The lowest BCUT2D eigenvalue weighted by molar-refractivity contribution is -0.138. The molecule has 0 saturated carbocycles. The van der Waals surface area contributed by atoms with Crippen molar-refractivity contribution >= 4 is 29.1 Å². The van der Waals surface area contributed by atoms with Crippen molar-refractivity contribution in [2.75, 3.05) is 13.2 Å². The summed E-state index contributed by atoms with van der Waals surface area (Å²) in [5, 5.41) is 0. The highest BCUT2D eigenvalue weighted by Crippen LogP contribution is 2.35. The van der Waals surface area contributed by atoms with E-state index < -0.39 is 12.0 Å². The number of carbonyl (C=O) groups excluding carboxylic acids is 1. The Morgan fingerprint density at radius 2 is 1.69 bits per heavy atom. The molecule has 0 amide bonds. The lowest BCUT2D eigenvalue weighted by Crippen LogP contribution is -2.40. The second-order valence-corrected chi connectivity index (χ2v) is 11.9. The lowest BCUT2D eigenvalue weighted by atomic mass is 9.93. The number of carbonyl (C=O) groups is 1. The van der Waals surface area contributed by atoms with Crippen LogP contribution in [0.25, 0.3) is 17.5 Å². The minimum Gasteiger partial charge on any atom is -0.494 e. The molecule has 5 aromatic rings. The maximum Gasteiger partial charge on any atom is 0.338 e. The van der Waals surface area contributed by atoms with Gasteiger partial charge < -0.3 is 14.0 Å². The molecule has 0 unspecified atom stereocenters. The molecule has 0 aliphatic carbocycles. The third kappa shape index (κ3) is 5.69. The molecule has 8 heteroatoms. The van der Waals surface area contributed by atoms with Gasteiger partial charge in [-0.05, 0) is 87.7 Å². The van der Waals surface area contributed by atoms with Crippen molar-refractivity contribution in [2.24, 2.45) is 4.99 Å². The van der Waals surface area contributed by atoms with Crippen LogP contribution >= 0.6 is 11.3 Å². The number of rotatable bonds is 8. The van der Waals surface area contributed by atoms with Gasteiger partial charge in [0.1, 0.15) is 5.75 Å². The summed E-state index contributed by atoms with van der Waals surface area (Å²) in [5.74, 6) is 0.206. The molecule has 0 bridgehead atoms. The van der Waals surface area contributed by atoms with Gasteiger partial charge >= 0.3 is 5.97 Å². The van der Waals surface area contributed by atoms with Crippen molar-refractivity contribution in [3.05, 3.63) is 144 Å². The zero-order chi connectivity index (χ0) is 31.7. The van der Waals surface area contributed by atoms with Crippen LogP contribution in [0.3, 0.4) is 0 Å². The molecule has 0 spiro atoms. The van der Waals surface area contributed by atoms with E-state index in [-0.39, 0.29) is 12.2 Å². The Morgan fingerprint density at radius 1 is 0.933 bits per heavy atom. The predicted molar refractivity (Wildman–Crippen MR) is 179 cm³/mol. The summed E-state index contributed by atoms with van der Waals surface area (Å²) in [5.41, 5.74) is 7.44. The van der Waals surface area contributed by atoms with Crippen LogP contribution in [-0.4, -0.2) is 28.3 Å². The average molecular weight is 618 g/mol. The Labute approximate surface area is 266 Å².